The minimum atomic E-state index is -1.01. The summed E-state index contributed by atoms with van der Waals surface area (Å²) in [5.74, 6) is -3.22. The molecule has 7 amide bonds. The molecule has 1 fully saturated rings. The van der Waals surface area contributed by atoms with Gasteiger partial charge in [0.2, 0.25) is 41.4 Å². The van der Waals surface area contributed by atoms with Crippen molar-refractivity contribution in [3.05, 3.63) is 11.1 Å². The first kappa shape index (κ1) is 36.2. The van der Waals surface area contributed by atoms with E-state index in [4.69, 9.17) is 0 Å². The van der Waals surface area contributed by atoms with E-state index in [1.165, 1.54) is 36.4 Å². The molecule has 1 saturated heterocycles. The highest BCUT2D eigenvalue weighted by Crippen LogP contribution is 2.31. The van der Waals surface area contributed by atoms with Gasteiger partial charge in [-0.05, 0) is 44.4 Å². The zero-order valence-electron chi connectivity index (χ0n) is 27.1. The summed E-state index contributed by atoms with van der Waals surface area (Å²) in [6.07, 6.45) is 2.44. The Morgan fingerprint density at radius 2 is 1.25 bits per heavy atom. The van der Waals surface area contributed by atoms with Gasteiger partial charge >= 0.3 is 0 Å². The van der Waals surface area contributed by atoms with Crippen molar-refractivity contribution in [1.29, 1.82) is 0 Å². The van der Waals surface area contributed by atoms with Crippen LogP contribution in [0.15, 0.2) is 11.1 Å². The molecule has 0 aromatic heterocycles. The topological polar surface area (TPSA) is 177 Å². The van der Waals surface area contributed by atoms with Crippen molar-refractivity contribution in [2.24, 2.45) is 11.8 Å². The molecule has 0 radical (unpaired) electrons. The van der Waals surface area contributed by atoms with Crippen molar-refractivity contribution in [2.45, 2.75) is 72.4 Å². The molecule has 2 bridgehead atoms. The van der Waals surface area contributed by atoms with E-state index >= 15 is 0 Å². The van der Waals surface area contributed by atoms with E-state index in [2.05, 4.69) is 49.0 Å². The summed E-state index contributed by atoms with van der Waals surface area (Å²) < 4.78 is 0. The lowest BCUT2D eigenvalue weighted by atomic mass is 9.85. The highest BCUT2D eigenvalue weighted by Gasteiger charge is 2.36. The van der Waals surface area contributed by atoms with Crippen molar-refractivity contribution in [2.75, 3.05) is 53.4 Å². The van der Waals surface area contributed by atoms with Crippen molar-refractivity contribution in [1.82, 2.24) is 36.0 Å². The normalized spacial score (nSPS) is 24.8. The highest BCUT2D eigenvalue weighted by atomic mass is 16.2. The van der Waals surface area contributed by atoms with Gasteiger partial charge in [0.1, 0.15) is 12.1 Å². The Kier molecular flexibility index (Phi) is 13.8. The number of carbonyl (C=O) groups excluding carboxylic acids is 7. The van der Waals surface area contributed by atoms with E-state index in [9.17, 15) is 33.6 Å². The molecule has 2 rings (SSSR count). The predicted molar refractivity (Wildman–Crippen MR) is 163 cm³/mol. The molecule has 246 valence electrons. The summed E-state index contributed by atoms with van der Waals surface area (Å²) in [5, 5.41) is 9.86. The zero-order chi connectivity index (χ0) is 33.1. The molecule has 2 atom stereocenters. The molecule has 0 spiro atoms. The Balaban J connectivity index is 2.45. The summed E-state index contributed by atoms with van der Waals surface area (Å²) in [7, 11) is 2.88. The van der Waals surface area contributed by atoms with Crippen LogP contribution >= 0.6 is 0 Å². The van der Waals surface area contributed by atoms with Crippen LogP contribution in [0.25, 0.3) is 0 Å². The van der Waals surface area contributed by atoms with Gasteiger partial charge in [-0.2, -0.15) is 0 Å². The smallest absolute Gasteiger partial charge is 0.246 e. The SMILES string of the molecule is CC(C)C/C1=C(\CC(C)C)CC2C(=O)N(CC1)CC(=O)NCC(=O)NCC(=O)N(C)CC(=O)NCC(=O)NC(C)C(=O)N2C. The standard InChI is InChI=1S/C30H49N7O7/c1-18(2)10-21-8-9-37-17-27(41)31-13-24(38)33-15-28(42)35(6)16-26(40)32-14-25(39)34-20(5)29(43)36(7)23(30(37)44)12-22(21)11-19(3)4/h18-20,23H,8-17H2,1-7H3,(H,31,41)(H,32,40)(H,33,38)(H,34,39)/b22-21+. The minimum Gasteiger partial charge on any atom is -0.345 e. The lowest BCUT2D eigenvalue weighted by Gasteiger charge is -2.37. The molecule has 0 aromatic rings. The largest absolute Gasteiger partial charge is 0.345 e. The number of hydrogen-bond acceptors (Lipinski definition) is 7. The van der Waals surface area contributed by atoms with Crippen molar-refractivity contribution >= 4 is 41.4 Å². The highest BCUT2D eigenvalue weighted by molar-refractivity contribution is 5.95. The molecule has 2 aliphatic rings. The first-order valence-corrected chi connectivity index (χ1v) is 15.2. The maximum absolute atomic E-state index is 14.0. The number of likely N-dealkylation sites (N-methyl/N-ethyl adjacent to an activating group) is 2. The summed E-state index contributed by atoms with van der Waals surface area (Å²) in [6, 6.07) is -1.94. The van der Waals surface area contributed by atoms with Gasteiger partial charge in [0.05, 0.1) is 32.7 Å². The lowest BCUT2D eigenvalue weighted by Crippen LogP contribution is -2.56. The predicted octanol–water partition coefficient (Wildman–Crippen LogP) is -0.850. The number of fused-ring (bicyclic) bond motifs is 2. The first-order chi connectivity index (χ1) is 20.6. The zero-order valence-corrected chi connectivity index (χ0v) is 27.1. The van der Waals surface area contributed by atoms with Crippen molar-refractivity contribution in [3.63, 3.8) is 0 Å². The van der Waals surface area contributed by atoms with Crippen LogP contribution in [-0.4, -0.2) is 121 Å². The van der Waals surface area contributed by atoms with Gasteiger partial charge in [-0.3, -0.25) is 33.6 Å². The second-order valence-corrected chi connectivity index (χ2v) is 12.5. The molecule has 0 aliphatic carbocycles. The molecule has 2 heterocycles. The van der Waals surface area contributed by atoms with Gasteiger partial charge in [-0.15, -0.1) is 0 Å². The fourth-order valence-corrected chi connectivity index (χ4v) is 5.28. The Morgan fingerprint density at radius 1 is 0.705 bits per heavy atom. The fourth-order valence-electron chi connectivity index (χ4n) is 5.28. The van der Waals surface area contributed by atoms with Gasteiger partial charge in [0, 0.05) is 20.6 Å². The molecule has 0 aromatic carbocycles. The number of nitrogens with one attached hydrogen (secondary N) is 4. The van der Waals surface area contributed by atoms with E-state index < -0.39 is 73.1 Å². The molecule has 4 N–H and O–H groups in total. The van der Waals surface area contributed by atoms with Crippen LogP contribution in [0, 0.1) is 11.8 Å². The molecule has 2 unspecified atom stereocenters. The van der Waals surface area contributed by atoms with Crippen LogP contribution in [0.3, 0.4) is 0 Å². The summed E-state index contributed by atoms with van der Waals surface area (Å²) in [6.45, 7) is 8.27. The maximum Gasteiger partial charge on any atom is 0.246 e. The van der Waals surface area contributed by atoms with Gasteiger partial charge in [0.25, 0.3) is 0 Å². The second-order valence-electron chi connectivity index (χ2n) is 12.5. The number of rotatable bonds is 4. The van der Waals surface area contributed by atoms with Crippen LogP contribution < -0.4 is 21.3 Å². The second kappa shape index (κ2) is 16.8. The van der Waals surface area contributed by atoms with E-state index in [-0.39, 0.29) is 19.6 Å². The van der Waals surface area contributed by atoms with Crippen LogP contribution in [0.1, 0.15) is 60.3 Å². The lowest BCUT2D eigenvalue weighted by molar-refractivity contribution is -0.147. The first-order valence-electron chi connectivity index (χ1n) is 15.2. The number of carbonyl (C=O) groups is 7. The minimum absolute atomic E-state index is 0.257. The molecule has 14 nitrogen and oxygen atoms in total. The average Bonchev–Trinajstić information content (AvgIpc) is 2.94. The third-order valence-electron chi connectivity index (χ3n) is 7.56. The van der Waals surface area contributed by atoms with Crippen LogP contribution in [0.4, 0.5) is 0 Å². The molecule has 0 saturated carbocycles. The Bertz CT molecular complexity index is 1150. The number of amides is 7. The molecular weight excluding hydrogens is 570 g/mol. The third-order valence-corrected chi connectivity index (χ3v) is 7.56. The van der Waals surface area contributed by atoms with Crippen LogP contribution in [-0.2, 0) is 33.6 Å². The van der Waals surface area contributed by atoms with Crippen molar-refractivity contribution in [3.8, 4) is 0 Å². The van der Waals surface area contributed by atoms with Gasteiger partial charge in [-0.25, -0.2) is 0 Å². The van der Waals surface area contributed by atoms with E-state index in [1.54, 1.807) is 0 Å². The summed E-state index contributed by atoms with van der Waals surface area (Å²) in [4.78, 5) is 93.7. The van der Waals surface area contributed by atoms with Gasteiger partial charge in [-0.1, -0.05) is 38.8 Å². The van der Waals surface area contributed by atoms with Gasteiger partial charge < -0.3 is 36.0 Å². The Morgan fingerprint density at radius 3 is 1.86 bits per heavy atom. The van der Waals surface area contributed by atoms with E-state index in [0.717, 1.165) is 23.3 Å². The number of nitrogens with zero attached hydrogens (tertiary/aromatic N) is 3. The van der Waals surface area contributed by atoms with Crippen LogP contribution in [0.5, 0.6) is 0 Å². The van der Waals surface area contributed by atoms with Gasteiger partial charge in [0.15, 0.2) is 0 Å². The summed E-state index contributed by atoms with van der Waals surface area (Å²) in [5.41, 5.74) is 2.32. The fraction of sp³-hybridized carbons (Fsp3) is 0.700. The number of hydrogen-bond donors (Lipinski definition) is 4. The Hall–Kier alpha value is -3.97. The quantitative estimate of drug-likeness (QED) is 0.296. The Labute approximate surface area is 259 Å². The summed E-state index contributed by atoms with van der Waals surface area (Å²) >= 11 is 0. The molecular formula is C30H49N7O7. The van der Waals surface area contributed by atoms with Crippen molar-refractivity contribution < 1.29 is 33.6 Å². The molecule has 2 aliphatic heterocycles. The van der Waals surface area contributed by atoms with Crippen LogP contribution in [0.2, 0.25) is 0 Å². The average molecular weight is 620 g/mol. The van der Waals surface area contributed by atoms with E-state index in [0.29, 0.717) is 24.7 Å². The monoisotopic (exact) mass is 619 g/mol. The third kappa shape index (κ3) is 11.3. The maximum atomic E-state index is 14.0. The molecule has 44 heavy (non-hydrogen) atoms. The van der Waals surface area contributed by atoms with E-state index in [1.807, 2.05) is 0 Å². The molecule has 14 heteroatoms.